The van der Waals surface area contributed by atoms with E-state index in [1.807, 2.05) is 13.1 Å². The molecule has 0 aromatic carbocycles. The average molecular weight is 198 g/mol. The fourth-order valence-electron chi connectivity index (χ4n) is 1.36. The van der Waals surface area contributed by atoms with Crippen LogP contribution in [0.4, 0.5) is 0 Å². The van der Waals surface area contributed by atoms with Crippen LogP contribution >= 0.6 is 11.6 Å². The molecular weight excluding hydrogens is 182 g/mol. The van der Waals surface area contributed by atoms with Crippen LogP contribution in [0.1, 0.15) is 20.8 Å². The van der Waals surface area contributed by atoms with E-state index in [0.717, 1.165) is 5.03 Å². The molecule has 2 heteroatoms. The van der Waals surface area contributed by atoms with Crippen molar-refractivity contribution in [3.8, 4) is 0 Å². The van der Waals surface area contributed by atoms with Crippen LogP contribution in [0.5, 0.6) is 0 Å². The second-order valence-electron chi connectivity index (χ2n) is 4.01. The lowest BCUT2D eigenvalue weighted by Gasteiger charge is -2.40. The van der Waals surface area contributed by atoms with Crippen LogP contribution in [0.3, 0.4) is 0 Å². The lowest BCUT2D eigenvalue weighted by molar-refractivity contribution is 0.183. The van der Waals surface area contributed by atoms with E-state index in [0.29, 0.717) is 5.92 Å². The first kappa shape index (κ1) is 10.4. The normalized spacial score (nSPS) is 26.7. The van der Waals surface area contributed by atoms with Crippen molar-refractivity contribution in [1.82, 2.24) is 4.90 Å². The first-order valence-corrected chi connectivity index (χ1v) is 4.82. The van der Waals surface area contributed by atoms with Gasteiger partial charge in [0, 0.05) is 29.7 Å². The van der Waals surface area contributed by atoms with E-state index in [9.17, 15) is 0 Å². The highest BCUT2D eigenvalue weighted by molar-refractivity contribution is 6.29. The summed E-state index contributed by atoms with van der Waals surface area (Å²) in [5, 5.41) is 0.839. The summed E-state index contributed by atoms with van der Waals surface area (Å²) in [7, 11) is 2.06. The number of nitrogens with zero attached hydrogens (tertiary/aromatic N) is 1. The zero-order chi connectivity index (χ0) is 10.1. The number of hydrogen-bond acceptors (Lipinski definition) is 1. The van der Waals surface area contributed by atoms with E-state index in [1.54, 1.807) is 0 Å². The van der Waals surface area contributed by atoms with Crippen LogP contribution in [0.15, 0.2) is 29.1 Å². The first-order valence-electron chi connectivity index (χ1n) is 4.44. The molecule has 1 unspecified atom stereocenters. The van der Waals surface area contributed by atoms with E-state index < -0.39 is 0 Å². The number of rotatable bonds is 1. The minimum absolute atomic E-state index is 0.0847. The smallest absolute Gasteiger partial charge is 0.0446 e. The Morgan fingerprint density at radius 3 is 2.77 bits per heavy atom. The summed E-state index contributed by atoms with van der Waals surface area (Å²) in [4.78, 5) is 2.16. The van der Waals surface area contributed by atoms with E-state index in [4.69, 9.17) is 11.6 Å². The lowest BCUT2D eigenvalue weighted by atomic mass is 9.84. The Labute approximate surface area is 85.4 Å². The molecule has 1 atom stereocenters. The van der Waals surface area contributed by atoms with Gasteiger partial charge in [-0.1, -0.05) is 17.7 Å². The average Bonchev–Trinajstić information content (AvgIpc) is 1.99. The quantitative estimate of drug-likeness (QED) is 0.584. The van der Waals surface area contributed by atoms with Crippen molar-refractivity contribution in [1.29, 1.82) is 0 Å². The molecule has 0 fully saturated rings. The predicted molar refractivity (Wildman–Crippen MR) is 57.6 cm³/mol. The Balaban J connectivity index is 2.98. The van der Waals surface area contributed by atoms with Crippen molar-refractivity contribution in [2.24, 2.45) is 5.92 Å². The maximum absolute atomic E-state index is 5.87. The summed E-state index contributed by atoms with van der Waals surface area (Å²) in [6, 6.07) is 0. The third kappa shape index (κ3) is 2.18. The summed E-state index contributed by atoms with van der Waals surface area (Å²) in [5.41, 5.74) is 3.20. The largest absolute Gasteiger partial charge is 0.368 e. The molecule has 1 aliphatic rings. The van der Waals surface area contributed by atoms with Crippen LogP contribution in [-0.4, -0.2) is 17.5 Å². The van der Waals surface area contributed by atoms with Gasteiger partial charge in [-0.05, 0) is 26.8 Å². The molecule has 13 heavy (non-hydrogen) atoms. The summed E-state index contributed by atoms with van der Waals surface area (Å²) in [6.45, 7) is 6.30. The Kier molecular flexibility index (Phi) is 2.90. The third-order valence-corrected chi connectivity index (χ3v) is 2.80. The van der Waals surface area contributed by atoms with E-state index in [2.05, 4.69) is 43.7 Å². The second-order valence-corrected chi connectivity index (χ2v) is 4.60. The van der Waals surface area contributed by atoms with Gasteiger partial charge in [0.15, 0.2) is 0 Å². The van der Waals surface area contributed by atoms with Gasteiger partial charge in [-0.25, -0.2) is 0 Å². The standard InChI is InChI=1S/C11H16ClN/c1-9(12)8-10-6-5-7-13(4)11(10,2)3/h6-8,10H,1-4H3/b9-8+. The fourth-order valence-corrected chi connectivity index (χ4v) is 1.50. The number of halogens is 1. The number of hydrogen-bond donors (Lipinski definition) is 0. The Morgan fingerprint density at radius 2 is 2.23 bits per heavy atom. The van der Waals surface area contributed by atoms with Gasteiger partial charge in [-0.3, -0.25) is 0 Å². The lowest BCUT2D eigenvalue weighted by Crippen LogP contribution is -2.44. The van der Waals surface area contributed by atoms with Crippen molar-refractivity contribution in [2.75, 3.05) is 7.05 Å². The minimum atomic E-state index is 0.0847. The minimum Gasteiger partial charge on any atom is -0.368 e. The van der Waals surface area contributed by atoms with Crippen molar-refractivity contribution < 1.29 is 0 Å². The molecule has 0 amide bonds. The van der Waals surface area contributed by atoms with Gasteiger partial charge in [0.1, 0.15) is 0 Å². The van der Waals surface area contributed by atoms with Gasteiger partial charge in [0.25, 0.3) is 0 Å². The van der Waals surface area contributed by atoms with Crippen LogP contribution < -0.4 is 0 Å². The molecule has 0 saturated carbocycles. The Hall–Kier alpha value is -0.650. The molecule has 0 saturated heterocycles. The van der Waals surface area contributed by atoms with Gasteiger partial charge in [-0.2, -0.15) is 0 Å². The zero-order valence-corrected chi connectivity index (χ0v) is 9.39. The van der Waals surface area contributed by atoms with Crippen LogP contribution in [0, 0.1) is 5.92 Å². The summed E-state index contributed by atoms with van der Waals surface area (Å²) < 4.78 is 0. The van der Waals surface area contributed by atoms with Gasteiger partial charge in [0.2, 0.25) is 0 Å². The molecule has 0 aliphatic carbocycles. The van der Waals surface area contributed by atoms with Crippen molar-refractivity contribution in [2.45, 2.75) is 26.3 Å². The Bertz CT molecular complexity index is 278. The summed E-state index contributed by atoms with van der Waals surface area (Å²) in [5.74, 6) is 0.333. The third-order valence-electron chi connectivity index (χ3n) is 2.68. The zero-order valence-electron chi connectivity index (χ0n) is 8.63. The van der Waals surface area contributed by atoms with E-state index >= 15 is 0 Å². The highest BCUT2D eigenvalue weighted by Gasteiger charge is 2.30. The molecule has 0 bridgehead atoms. The topological polar surface area (TPSA) is 3.24 Å². The van der Waals surface area contributed by atoms with Crippen molar-refractivity contribution in [3.05, 3.63) is 29.1 Å². The predicted octanol–water partition coefficient (Wildman–Crippen LogP) is 3.14. The maximum atomic E-state index is 5.87. The van der Waals surface area contributed by atoms with Crippen molar-refractivity contribution >= 4 is 11.6 Å². The molecule has 1 nitrogen and oxygen atoms in total. The van der Waals surface area contributed by atoms with Gasteiger partial charge in [-0.15, -0.1) is 5.73 Å². The molecule has 0 radical (unpaired) electrons. The molecule has 0 aromatic heterocycles. The molecule has 0 aromatic rings. The molecule has 72 valence electrons. The van der Waals surface area contributed by atoms with Crippen LogP contribution in [-0.2, 0) is 0 Å². The van der Waals surface area contributed by atoms with Crippen LogP contribution in [0.2, 0.25) is 0 Å². The van der Waals surface area contributed by atoms with Gasteiger partial charge < -0.3 is 4.90 Å². The number of allylic oxidation sites excluding steroid dienone is 1. The molecule has 0 spiro atoms. The highest BCUT2D eigenvalue weighted by Crippen LogP contribution is 2.29. The molecule has 0 N–H and O–H groups in total. The SMILES string of the molecule is C/C(Cl)=C\C1C=C=CN(C)C1(C)C. The molecule has 1 aliphatic heterocycles. The summed E-state index contributed by atoms with van der Waals surface area (Å²) >= 11 is 5.87. The second kappa shape index (κ2) is 3.61. The monoisotopic (exact) mass is 197 g/mol. The van der Waals surface area contributed by atoms with Gasteiger partial charge in [0.05, 0.1) is 0 Å². The van der Waals surface area contributed by atoms with E-state index in [1.165, 1.54) is 0 Å². The highest BCUT2D eigenvalue weighted by atomic mass is 35.5. The maximum Gasteiger partial charge on any atom is 0.0446 e. The van der Waals surface area contributed by atoms with E-state index in [-0.39, 0.29) is 5.54 Å². The van der Waals surface area contributed by atoms with Crippen molar-refractivity contribution in [3.63, 3.8) is 0 Å². The molecular formula is C11H16ClN. The van der Waals surface area contributed by atoms with Gasteiger partial charge >= 0.3 is 0 Å². The Morgan fingerprint density at radius 1 is 1.62 bits per heavy atom. The fraction of sp³-hybridized carbons (Fsp3) is 0.545. The first-order chi connectivity index (χ1) is 5.94. The summed E-state index contributed by atoms with van der Waals surface area (Å²) in [6.07, 6.45) is 6.10. The molecule has 1 heterocycles. The molecule has 1 rings (SSSR count). The van der Waals surface area contributed by atoms with Crippen LogP contribution in [0.25, 0.3) is 0 Å².